The topological polar surface area (TPSA) is 90.0 Å². The van der Waals surface area contributed by atoms with E-state index in [1.54, 1.807) is 29.0 Å². The van der Waals surface area contributed by atoms with Gasteiger partial charge in [-0.1, -0.05) is 30.3 Å². The van der Waals surface area contributed by atoms with Gasteiger partial charge in [0.1, 0.15) is 0 Å². The van der Waals surface area contributed by atoms with Crippen LogP contribution < -0.4 is 10.2 Å². The summed E-state index contributed by atoms with van der Waals surface area (Å²) in [7, 11) is 1.75. The number of rotatable bonds is 5. The second-order valence-corrected chi connectivity index (χ2v) is 6.83. The number of benzene rings is 2. The number of carbonyl (C=O) groups excluding carboxylic acids is 2. The first-order valence-electron chi connectivity index (χ1n) is 9.13. The fourth-order valence-electron chi connectivity index (χ4n) is 3.25. The van der Waals surface area contributed by atoms with Crippen molar-refractivity contribution >= 4 is 23.6 Å². The summed E-state index contributed by atoms with van der Waals surface area (Å²) >= 11 is 0. The van der Waals surface area contributed by atoms with Gasteiger partial charge in [0.15, 0.2) is 0 Å². The fourth-order valence-corrected chi connectivity index (χ4v) is 3.25. The third kappa shape index (κ3) is 4.49. The molecule has 0 aliphatic carbocycles. The quantitative estimate of drug-likeness (QED) is 0.833. The Hall–Kier alpha value is -3.35. The smallest absolute Gasteiger partial charge is 0.335 e. The maximum Gasteiger partial charge on any atom is 0.335 e. The lowest BCUT2D eigenvalue weighted by Crippen LogP contribution is -2.40. The molecule has 146 valence electrons. The van der Waals surface area contributed by atoms with Gasteiger partial charge in [0, 0.05) is 32.4 Å². The van der Waals surface area contributed by atoms with Crippen LogP contribution in [0.4, 0.5) is 10.5 Å². The average molecular weight is 381 g/mol. The minimum absolute atomic E-state index is 0.00533. The number of aromatic carboxylic acids is 1. The van der Waals surface area contributed by atoms with Crippen molar-refractivity contribution in [3.63, 3.8) is 0 Å². The number of urea groups is 1. The van der Waals surface area contributed by atoms with E-state index >= 15 is 0 Å². The number of amides is 3. The number of nitrogens with one attached hydrogen (secondary N) is 1. The zero-order valence-corrected chi connectivity index (χ0v) is 15.7. The Morgan fingerprint density at radius 2 is 1.79 bits per heavy atom. The van der Waals surface area contributed by atoms with Crippen LogP contribution in [0.25, 0.3) is 0 Å². The number of carboxylic acids is 1. The third-order valence-corrected chi connectivity index (χ3v) is 4.94. The van der Waals surface area contributed by atoms with Gasteiger partial charge in [-0.15, -0.1) is 0 Å². The van der Waals surface area contributed by atoms with Gasteiger partial charge >= 0.3 is 12.0 Å². The molecule has 0 bridgehead atoms. The molecule has 1 heterocycles. The molecule has 0 radical (unpaired) electrons. The molecular weight excluding hydrogens is 358 g/mol. The molecule has 1 unspecified atom stereocenters. The zero-order valence-electron chi connectivity index (χ0n) is 15.7. The summed E-state index contributed by atoms with van der Waals surface area (Å²) in [5.41, 5.74) is 1.85. The number of carbonyl (C=O) groups is 3. The first kappa shape index (κ1) is 19.4. The van der Waals surface area contributed by atoms with Gasteiger partial charge in [-0.05, 0) is 36.2 Å². The van der Waals surface area contributed by atoms with Crippen molar-refractivity contribution in [3.05, 3.63) is 65.7 Å². The van der Waals surface area contributed by atoms with Crippen LogP contribution >= 0.6 is 0 Å². The Balaban J connectivity index is 1.51. The highest BCUT2D eigenvalue weighted by Gasteiger charge is 2.32. The van der Waals surface area contributed by atoms with Gasteiger partial charge < -0.3 is 20.2 Å². The van der Waals surface area contributed by atoms with Crippen molar-refractivity contribution in [1.29, 1.82) is 0 Å². The second kappa shape index (κ2) is 8.56. The van der Waals surface area contributed by atoms with Gasteiger partial charge in [0.25, 0.3) is 0 Å². The Kier molecular flexibility index (Phi) is 5.93. The number of nitrogens with zero attached hydrogens (tertiary/aromatic N) is 2. The molecular formula is C21H23N3O4. The van der Waals surface area contributed by atoms with Crippen LogP contribution in [-0.2, 0) is 11.3 Å². The van der Waals surface area contributed by atoms with E-state index in [-0.39, 0.29) is 23.4 Å². The minimum Gasteiger partial charge on any atom is -0.478 e. The first-order chi connectivity index (χ1) is 13.5. The molecule has 7 nitrogen and oxygen atoms in total. The third-order valence-electron chi connectivity index (χ3n) is 4.94. The summed E-state index contributed by atoms with van der Waals surface area (Å²) in [4.78, 5) is 39.2. The van der Waals surface area contributed by atoms with Crippen LogP contribution in [0.1, 0.15) is 22.3 Å². The molecule has 0 spiro atoms. The van der Waals surface area contributed by atoms with Crippen LogP contribution in [0, 0.1) is 5.92 Å². The van der Waals surface area contributed by atoms with Crippen LogP contribution in [0.15, 0.2) is 54.6 Å². The van der Waals surface area contributed by atoms with E-state index in [4.69, 9.17) is 5.11 Å². The predicted molar refractivity (Wildman–Crippen MR) is 105 cm³/mol. The van der Waals surface area contributed by atoms with E-state index < -0.39 is 5.97 Å². The van der Waals surface area contributed by atoms with E-state index in [1.807, 2.05) is 30.3 Å². The van der Waals surface area contributed by atoms with Crippen molar-refractivity contribution in [3.8, 4) is 0 Å². The molecule has 1 fully saturated rings. The second-order valence-electron chi connectivity index (χ2n) is 6.83. The fraction of sp³-hybridized carbons (Fsp3) is 0.286. The molecule has 1 aliphatic rings. The Morgan fingerprint density at radius 3 is 2.43 bits per heavy atom. The highest BCUT2D eigenvalue weighted by molar-refractivity contribution is 5.95. The molecule has 28 heavy (non-hydrogen) atoms. The molecule has 2 aromatic carbocycles. The van der Waals surface area contributed by atoms with E-state index in [9.17, 15) is 14.4 Å². The molecule has 0 aromatic heterocycles. The number of para-hydroxylation sites is 1. The Bertz CT molecular complexity index is 852. The molecule has 3 amide bonds. The van der Waals surface area contributed by atoms with Crippen molar-refractivity contribution in [2.75, 3.05) is 25.0 Å². The van der Waals surface area contributed by atoms with Crippen LogP contribution in [0.3, 0.4) is 0 Å². The van der Waals surface area contributed by atoms with E-state index in [1.165, 1.54) is 12.1 Å². The number of anilines is 1. The van der Waals surface area contributed by atoms with E-state index in [0.717, 1.165) is 11.3 Å². The molecule has 3 rings (SSSR count). The number of likely N-dealkylation sites (tertiary alicyclic amines) is 1. The van der Waals surface area contributed by atoms with Gasteiger partial charge in [-0.3, -0.25) is 4.79 Å². The van der Waals surface area contributed by atoms with Crippen LogP contribution in [0.5, 0.6) is 0 Å². The maximum absolute atomic E-state index is 12.7. The molecule has 1 saturated heterocycles. The summed E-state index contributed by atoms with van der Waals surface area (Å²) in [5.74, 6) is -1.19. The van der Waals surface area contributed by atoms with Crippen LogP contribution in [0.2, 0.25) is 0 Å². The first-order valence-corrected chi connectivity index (χ1v) is 9.13. The normalized spacial score (nSPS) is 15.9. The maximum atomic E-state index is 12.7. The predicted octanol–water partition coefficient (Wildman–Crippen LogP) is 2.58. The lowest BCUT2D eigenvalue weighted by Gasteiger charge is -2.22. The number of hydrogen-bond donors (Lipinski definition) is 2. The number of hydrogen-bond acceptors (Lipinski definition) is 3. The van der Waals surface area contributed by atoms with Crippen molar-refractivity contribution in [2.45, 2.75) is 13.0 Å². The molecule has 0 saturated carbocycles. The van der Waals surface area contributed by atoms with Gasteiger partial charge in [-0.25, -0.2) is 9.59 Å². The summed E-state index contributed by atoms with van der Waals surface area (Å²) in [6, 6.07) is 15.6. The van der Waals surface area contributed by atoms with Crippen molar-refractivity contribution in [1.82, 2.24) is 10.2 Å². The SMILES string of the molecule is CN(C(=O)C1CCN(C(=O)NCc2ccc(C(=O)O)cc2)C1)c1ccccc1. The number of carboxylic acid groups (broad SMARTS) is 1. The highest BCUT2D eigenvalue weighted by atomic mass is 16.4. The standard InChI is InChI=1S/C21H23N3O4/c1-23(18-5-3-2-4-6-18)19(25)17-11-12-24(14-17)21(28)22-13-15-7-9-16(10-8-15)20(26)27/h2-10,17H,11-14H2,1H3,(H,22,28)(H,26,27). The van der Waals surface area contributed by atoms with Crippen LogP contribution in [-0.4, -0.2) is 48.1 Å². The molecule has 7 heteroatoms. The van der Waals surface area contributed by atoms with Crippen molar-refractivity contribution in [2.24, 2.45) is 5.92 Å². The summed E-state index contributed by atoms with van der Waals surface area (Å²) in [6.45, 7) is 1.22. The zero-order chi connectivity index (χ0) is 20.1. The summed E-state index contributed by atoms with van der Waals surface area (Å²) in [5, 5.41) is 11.7. The monoisotopic (exact) mass is 381 g/mol. The minimum atomic E-state index is -0.983. The highest BCUT2D eigenvalue weighted by Crippen LogP contribution is 2.22. The van der Waals surface area contributed by atoms with Gasteiger partial charge in [0.05, 0.1) is 11.5 Å². The van der Waals surface area contributed by atoms with Gasteiger partial charge in [-0.2, -0.15) is 0 Å². The molecule has 2 N–H and O–H groups in total. The molecule has 1 atom stereocenters. The lowest BCUT2D eigenvalue weighted by molar-refractivity contribution is -0.121. The largest absolute Gasteiger partial charge is 0.478 e. The summed E-state index contributed by atoms with van der Waals surface area (Å²) < 4.78 is 0. The Labute approximate surface area is 163 Å². The van der Waals surface area contributed by atoms with Gasteiger partial charge in [0.2, 0.25) is 5.91 Å². The van der Waals surface area contributed by atoms with Crippen molar-refractivity contribution < 1.29 is 19.5 Å². The molecule has 1 aliphatic heterocycles. The molecule has 2 aromatic rings. The van der Waals surface area contributed by atoms with E-state index in [0.29, 0.717) is 26.1 Å². The summed E-state index contributed by atoms with van der Waals surface area (Å²) in [6.07, 6.45) is 0.636. The Morgan fingerprint density at radius 1 is 1.11 bits per heavy atom. The average Bonchev–Trinajstić information content (AvgIpc) is 3.22. The lowest BCUT2D eigenvalue weighted by atomic mass is 10.1. The van der Waals surface area contributed by atoms with E-state index in [2.05, 4.69) is 5.32 Å².